The lowest BCUT2D eigenvalue weighted by Gasteiger charge is -2.38. The molecule has 2 atom stereocenters. The second-order valence-electron chi connectivity index (χ2n) is 11.7. The molecule has 1 aliphatic carbocycles. The number of amides is 1. The van der Waals surface area contributed by atoms with Crippen molar-refractivity contribution in [3.05, 3.63) is 93.8 Å². The molecule has 2 unspecified atom stereocenters. The van der Waals surface area contributed by atoms with Gasteiger partial charge in [-0.15, -0.1) is 0 Å². The van der Waals surface area contributed by atoms with Crippen LogP contribution in [0.3, 0.4) is 0 Å². The molecule has 11 heteroatoms. The van der Waals surface area contributed by atoms with Gasteiger partial charge in [0.25, 0.3) is 5.91 Å². The summed E-state index contributed by atoms with van der Waals surface area (Å²) < 4.78 is 64.9. The largest absolute Gasteiger partial charge is 0.416 e. The number of hydrogen-bond acceptors (Lipinski definition) is 6. The van der Waals surface area contributed by atoms with Gasteiger partial charge in [-0.3, -0.25) is 14.7 Å². The van der Waals surface area contributed by atoms with Gasteiger partial charge in [-0.2, -0.15) is 13.2 Å². The summed E-state index contributed by atoms with van der Waals surface area (Å²) in [5.74, 6) is -0.102. The minimum Gasteiger partial charge on any atom is -0.371 e. The number of carbonyl (C=O) groups excluding carboxylic acids is 1. The molecule has 0 N–H and O–H groups in total. The Morgan fingerprint density at radius 1 is 0.977 bits per heavy atom. The third kappa shape index (κ3) is 6.57. The van der Waals surface area contributed by atoms with Crippen molar-refractivity contribution in [1.29, 1.82) is 0 Å². The number of aromatic nitrogens is 1. The monoisotopic (exact) mass is 614 g/mol. The molecule has 7 nitrogen and oxygen atoms in total. The van der Waals surface area contributed by atoms with Gasteiger partial charge in [0.2, 0.25) is 0 Å². The minimum atomic E-state index is -4.58. The first-order valence-electron chi connectivity index (χ1n) is 14.5. The van der Waals surface area contributed by atoms with Crippen molar-refractivity contribution >= 4 is 22.3 Å². The van der Waals surface area contributed by atoms with Gasteiger partial charge in [0, 0.05) is 54.9 Å². The first-order valence-corrected chi connectivity index (χ1v) is 15.7. The van der Waals surface area contributed by atoms with Crippen LogP contribution in [0.4, 0.5) is 18.9 Å². The molecule has 1 amide bonds. The fraction of sp³-hybridized carbons (Fsp3) is 0.438. The van der Waals surface area contributed by atoms with E-state index in [1.807, 2.05) is 39.1 Å². The van der Waals surface area contributed by atoms with Crippen LogP contribution in [0.5, 0.6) is 0 Å². The molecule has 2 aromatic carbocycles. The predicted molar refractivity (Wildman–Crippen MR) is 161 cm³/mol. The van der Waals surface area contributed by atoms with Gasteiger partial charge in [0.15, 0.2) is 10.7 Å². The van der Waals surface area contributed by atoms with Crippen molar-refractivity contribution in [2.24, 2.45) is 0 Å². The van der Waals surface area contributed by atoms with Crippen LogP contribution in [-0.4, -0.2) is 62.3 Å². The average molecular weight is 615 g/mol. The van der Waals surface area contributed by atoms with E-state index >= 15 is 0 Å². The zero-order chi connectivity index (χ0) is 31.1. The Bertz CT molecular complexity index is 1560. The van der Waals surface area contributed by atoms with Crippen LogP contribution in [0, 0.1) is 13.8 Å². The number of anilines is 1. The van der Waals surface area contributed by atoms with E-state index in [1.54, 1.807) is 16.8 Å². The molecule has 1 saturated heterocycles. The molecular formula is C32H37F3N4O3S. The van der Waals surface area contributed by atoms with Gasteiger partial charge >= 0.3 is 6.18 Å². The fourth-order valence-corrected chi connectivity index (χ4v) is 7.43. The van der Waals surface area contributed by atoms with Crippen LogP contribution in [0.25, 0.3) is 0 Å². The Balaban J connectivity index is 1.32. The van der Waals surface area contributed by atoms with Crippen molar-refractivity contribution in [1.82, 2.24) is 14.8 Å². The smallest absolute Gasteiger partial charge is 0.371 e. The van der Waals surface area contributed by atoms with E-state index in [4.69, 9.17) is 0 Å². The summed E-state index contributed by atoms with van der Waals surface area (Å²) in [6.45, 7) is 5.63. The Kier molecular flexibility index (Phi) is 8.85. The lowest BCUT2D eigenvalue weighted by atomic mass is 9.99. The number of aryl methyl sites for hydroxylation is 3. The summed E-state index contributed by atoms with van der Waals surface area (Å²) in [5.41, 5.74) is 4.66. The molecule has 43 heavy (non-hydrogen) atoms. The van der Waals surface area contributed by atoms with Gasteiger partial charge in [-0.25, -0.2) is 8.42 Å². The van der Waals surface area contributed by atoms with Gasteiger partial charge < -0.3 is 9.80 Å². The lowest BCUT2D eigenvalue weighted by molar-refractivity contribution is -0.137. The van der Waals surface area contributed by atoms with Gasteiger partial charge in [-0.05, 0) is 99.7 Å². The van der Waals surface area contributed by atoms with Gasteiger partial charge in [0.05, 0.1) is 5.56 Å². The summed E-state index contributed by atoms with van der Waals surface area (Å²) in [7, 11) is 0.325. The number of hydrogen-bond donors (Lipinski definition) is 1. The van der Waals surface area contributed by atoms with E-state index in [0.29, 0.717) is 18.4 Å². The normalized spacial score (nSPS) is 18.3. The van der Waals surface area contributed by atoms with E-state index < -0.39 is 27.8 Å². The Morgan fingerprint density at radius 3 is 2.28 bits per heavy atom. The molecule has 2 aliphatic rings. The number of thiol groups is 1. The molecular weight excluding hydrogens is 577 g/mol. The van der Waals surface area contributed by atoms with E-state index in [2.05, 4.69) is 22.0 Å². The number of piperidine rings is 1. The minimum absolute atomic E-state index is 0.0669. The van der Waals surface area contributed by atoms with Crippen LogP contribution in [0.1, 0.15) is 74.7 Å². The van der Waals surface area contributed by atoms with Crippen molar-refractivity contribution in [3.8, 4) is 0 Å². The first kappa shape index (κ1) is 31.0. The number of nitrogens with zero attached hydrogens (tertiary/aromatic N) is 4. The lowest BCUT2D eigenvalue weighted by Crippen LogP contribution is -2.45. The second-order valence-corrected chi connectivity index (χ2v) is 12.7. The summed E-state index contributed by atoms with van der Waals surface area (Å²) in [4.78, 5) is 23.8. The highest BCUT2D eigenvalue weighted by molar-refractivity contribution is 7.72. The highest BCUT2D eigenvalue weighted by Crippen LogP contribution is 2.41. The van der Waals surface area contributed by atoms with Crippen molar-refractivity contribution in [3.63, 3.8) is 0 Å². The Morgan fingerprint density at radius 2 is 1.65 bits per heavy atom. The molecule has 0 spiro atoms. The number of rotatable bonds is 7. The third-order valence-corrected chi connectivity index (χ3v) is 9.85. The summed E-state index contributed by atoms with van der Waals surface area (Å²) in [6.07, 6.45) is -1.64. The summed E-state index contributed by atoms with van der Waals surface area (Å²) in [5, 5.41) is -1.24. The van der Waals surface area contributed by atoms with Gasteiger partial charge in [-0.1, -0.05) is 18.2 Å². The van der Waals surface area contributed by atoms with E-state index in [0.717, 1.165) is 66.3 Å². The molecule has 3 aromatic rings. The topological polar surface area (TPSA) is 73.8 Å². The number of alkyl halides is 3. The fourth-order valence-electron chi connectivity index (χ4n) is 6.56. The molecule has 1 aromatic heterocycles. The SMILES string of the molecule is Cc1cc(N2CCC(N(C)C(=O)c3ccc4c(c3)C(N(C)C(c3cccc(C(F)(F)F)c3)[SH](=O)=O)CC4)CC2)cc(C)n1. The van der Waals surface area contributed by atoms with E-state index in [9.17, 15) is 26.4 Å². The average Bonchev–Trinajstić information content (AvgIpc) is 3.39. The van der Waals surface area contributed by atoms with Crippen LogP contribution in [0.2, 0.25) is 0 Å². The van der Waals surface area contributed by atoms with Crippen molar-refractivity contribution in [2.75, 3.05) is 32.1 Å². The van der Waals surface area contributed by atoms with E-state index in [-0.39, 0.29) is 23.6 Å². The van der Waals surface area contributed by atoms with E-state index in [1.165, 1.54) is 12.1 Å². The van der Waals surface area contributed by atoms with Crippen LogP contribution in [0.15, 0.2) is 54.6 Å². The molecule has 1 fully saturated rings. The highest BCUT2D eigenvalue weighted by Gasteiger charge is 2.36. The first-order chi connectivity index (χ1) is 20.3. The quantitative estimate of drug-likeness (QED) is 0.345. The highest BCUT2D eigenvalue weighted by atomic mass is 32.2. The second kappa shape index (κ2) is 12.3. The zero-order valence-electron chi connectivity index (χ0n) is 24.8. The summed E-state index contributed by atoms with van der Waals surface area (Å²) >= 11 is 0. The molecule has 0 radical (unpaired) electrons. The van der Waals surface area contributed by atoms with Gasteiger partial charge in [0.1, 0.15) is 5.37 Å². The molecule has 0 saturated carbocycles. The Labute approximate surface area is 252 Å². The van der Waals surface area contributed by atoms with Crippen molar-refractivity contribution < 1.29 is 26.4 Å². The maximum absolute atomic E-state index is 13.6. The number of carbonyl (C=O) groups is 1. The molecule has 230 valence electrons. The number of benzene rings is 2. The Hall–Kier alpha value is -3.44. The van der Waals surface area contributed by atoms with Crippen molar-refractivity contribution in [2.45, 2.75) is 63.2 Å². The maximum Gasteiger partial charge on any atom is 0.416 e. The molecule has 5 rings (SSSR count). The number of fused-ring (bicyclic) bond motifs is 1. The molecule has 1 aliphatic heterocycles. The predicted octanol–water partition coefficient (Wildman–Crippen LogP) is 5.69. The molecule has 2 heterocycles. The molecule has 0 bridgehead atoms. The zero-order valence-corrected chi connectivity index (χ0v) is 25.7. The van der Waals surface area contributed by atoms with Crippen LogP contribution < -0.4 is 4.90 Å². The third-order valence-electron chi connectivity index (χ3n) is 8.79. The van der Waals surface area contributed by atoms with Crippen LogP contribution in [-0.2, 0) is 23.3 Å². The van der Waals surface area contributed by atoms with Crippen LogP contribution >= 0.6 is 0 Å². The summed E-state index contributed by atoms with van der Waals surface area (Å²) in [6, 6.07) is 13.9. The maximum atomic E-state index is 13.6. The number of pyridine rings is 1. The number of halogens is 3. The standard InChI is InChI=1S/C32H37F3N4O3S/c1-20-16-27(17-21(2)36-20)39-14-12-26(13-15-39)37(3)30(40)23-9-8-22-10-11-29(28(22)19-23)38(4)31(43(41)42)24-6-5-7-25(18-24)32(33,34)35/h5-9,16-19,26,29,31,43H,10-15H2,1-4H3.